The molecule has 1 atom stereocenters. The van der Waals surface area contributed by atoms with Crippen molar-refractivity contribution in [3.8, 4) is 11.8 Å². The van der Waals surface area contributed by atoms with Gasteiger partial charge in [-0.1, -0.05) is 17.7 Å². The lowest BCUT2D eigenvalue weighted by atomic mass is 9.87. The number of halogens is 4. The van der Waals surface area contributed by atoms with Crippen LogP contribution in [0, 0.1) is 11.3 Å². The molecule has 1 heterocycles. The summed E-state index contributed by atoms with van der Waals surface area (Å²) < 4.78 is 38.6. The third-order valence-corrected chi connectivity index (χ3v) is 3.43. The zero-order valence-corrected chi connectivity index (χ0v) is 11.5. The molecular weight excluding hydrogens is 305 g/mol. The molecule has 110 valence electrons. The van der Waals surface area contributed by atoms with Gasteiger partial charge in [-0.25, -0.2) is 0 Å². The van der Waals surface area contributed by atoms with Crippen LogP contribution in [-0.4, -0.2) is 11.3 Å². The smallest absolute Gasteiger partial charge is 0.430 e. The molecular formula is C14H10ClF3N2O. The fraction of sp³-hybridized carbons (Fsp3) is 0.214. The van der Waals surface area contributed by atoms with E-state index in [1.165, 1.54) is 25.1 Å². The molecule has 2 N–H and O–H groups in total. The second-order valence-corrected chi connectivity index (χ2v) is 4.95. The van der Waals surface area contributed by atoms with Crippen molar-refractivity contribution in [3.05, 3.63) is 51.8 Å². The number of alkyl halides is 3. The number of aromatic hydroxyl groups is 1. The fourth-order valence-corrected chi connectivity index (χ4v) is 2.28. The second-order valence-electron chi connectivity index (χ2n) is 4.54. The summed E-state index contributed by atoms with van der Waals surface area (Å²) >= 11 is 5.78. The largest absolute Gasteiger partial charge is 0.506 e. The normalized spacial score (nSPS) is 18.9. The number of phenolic OH excluding ortho intramolecular Hbond substituents is 1. The molecule has 1 aliphatic rings. The standard InChI is InChI=1S/C14H10ClF3N2O/c1-7-10(6-19)9(5-13(20-7)14(16,17)18)8-2-3-12(21)11(15)4-8/h2-5,9,20-21H,1H3. The lowest BCUT2D eigenvalue weighted by molar-refractivity contribution is -0.0964. The maximum Gasteiger partial charge on any atom is 0.430 e. The molecule has 0 spiro atoms. The Morgan fingerprint density at radius 1 is 1.38 bits per heavy atom. The Kier molecular flexibility index (Phi) is 3.88. The van der Waals surface area contributed by atoms with Crippen molar-refractivity contribution in [1.29, 1.82) is 5.26 Å². The minimum atomic E-state index is -4.54. The van der Waals surface area contributed by atoms with E-state index in [2.05, 4.69) is 5.32 Å². The van der Waals surface area contributed by atoms with Gasteiger partial charge in [0.2, 0.25) is 0 Å². The van der Waals surface area contributed by atoms with Crippen LogP contribution in [0.4, 0.5) is 13.2 Å². The van der Waals surface area contributed by atoms with Crippen LogP contribution in [-0.2, 0) is 0 Å². The first-order valence-electron chi connectivity index (χ1n) is 5.89. The van der Waals surface area contributed by atoms with E-state index in [0.29, 0.717) is 5.56 Å². The van der Waals surface area contributed by atoms with Gasteiger partial charge in [-0.2, -0.15) is 18.4 Å². The highest BCUT2D eigenvalue weighted by Crippen LogP contribution is 2.38. The van der Waals surface area contributed by atoms with E-state index < -0.39 is 17.8 Å². The number of rotatable bonds is 1. The van der Waals surface area contributed by atoms with Crippen molar-refractivity contribution >= 4 is 11.6 Å². The Morgan fingerprint density at radius 3 is 2.57 bits per heavy atom. The maximum absolute atomic E-state index is 12.9. The molecule has 7 heteroatoms. The van der Waals surface area contributed by atoms with E-state index in [4.69, 9.17) is 16.9 Å². The summed E-state index contributed by atoms with van der Waals surface area (Å²) in [6.45, 7) is 1.41. The average Bonchev–Trinajstić information content (AvgIpc) is 2.40. The van der Waals surface area contributed by atoms with E-state index in [1.54, 1.807) is 0 Å². The minimum Gasteiger partial charge on any atom is -0.506 e. The molecule has 0 fully saturated rings. The Hall–Kier alpha value is -2.13. The second kappa shape index (κ2) is 5.34. The third-order valence-electron chi connectivity index (χ3n) is 3.13. The van der Waals surface area contributed by atoms with Crippen LogP contribution < -0.4 is 5.32 Å². The van der Waals surface area contributed by atoms with Crippen molar-refractivity contribution in [2.24, 2.45) is 0 Å². The van der Waals surface area contributed by atoms with Crippen LogP contribution in [0.1, 0.15) is 18.4 Å². The molecule has 0 amide bonds. The summed E-state index contributed by atoms with van der Waals surface area (Å²) in [5.41, 5.74) is -0.212. The number of allylic oxidation sites excluding steroid dienone is 4. The van der Waals surface area contributed by atoms with Crippen LogP contribution in [0.3, 0.4) is 0 Å². The van der Waals surface area contributed by atoms with Crippen molar-refractivity contribution in [3.63, 3.8) is 0 Å². The van der Waals surface area contributed by atoms with Crippen molar-refractivity contribution in [2.75, 3.05) is 0 Å². The molecule has 21 heavy (non-hydrogen) atoms. The molecule has 0 saturated carbocycles. The first-order chi connectivity index (χ1) is 9.74. The topological polar surface area (TPSA) is 56.0 Å². The fourth-order valence-electron chi connectivity index (χ4n) is 2.09. The highest BCUT2D eigenvalue weighted by Gasteiger charge is 2.38. The predicted molar refractivity (Wildman–Crippen MR) is 71.4 cm³/mol. The van der Waals surface area contributed by atoms with E-state index in [1.807, 2.05) is 6.07 Å². The highest BCUT2D eigenvalue weighted by atomic mass is 35.5. The average molecular weight is 315 g/mol. The van der Waals surface area contributed by atoms with Gasteiger partial charge in [0.15, 0.2) is 0 Å². The van der Waals surface area contributed by atoms with E-state index >= 15 is 0 Å². The number of phenols is 1. The summed E-state index contributed by atoms with van der Waals surface area (Å²) in [4.78, 5) is 0. The summed E-state index contributed by atoms with van der Waals surface area (Å²) in [5, 5.41) is 20.8. The molecule has 3 nitrogen and oxygen atoms in total. The van der Waals surface area contributed by atoms with Crippen molar-refractivity contribution in [2.45, 2.75) is 19.0 Å². The Labute approximate surface area is 124 Å². The quantitative estimate of drug-likeness (QED) is 0.824. The predicted octanol–water partition coefficient (Wildman–Crippen LogP) is 3.98. The van der Waals surface area contributed by atoms with Gasteiger partial charge in [-0.15, -0.1) is 0 Å². The molecule has 0 aromatic heterocycles. The van der Waals surface area contributed by atoms with Crippen LogP contribution in [0.2, 0.25) is 5.02 Å². The molecule has 0 radical (unpaired) electrons. The molecule has 0 saturated heterocycles. The van der Waals surface area contributed by atoms with Crippen LogP contribution in [0.25, 0.3) is 0 Å². The Bertz CT molecular complexity index is 686. The number of nitrogens with one attached hydrogen (secondary N) is 1. The van der Waals surface area contributed by atoms with Gasteiger partial charge in [0.05, 0.1) is 16.7 Å². The number of nitriles is 1. The molecule has 1 unspecified atom stereocenters. The maximum atomic E-state index is 12.9. The molecule has 1 aromatic carbocycles. The molecule has 2 rings (SSSR count). The van der Waals surface area contributed by atoms with E-state index in [0.717, 1.165) is 6.08 Å². The van der Waals surface area contributed by atoms with E-state index in [9.17, 15) is 18.3 Å². The number of hydrogen-bond donors (Lipinski definition) is 2. The highest BCUT2D eigenvalue weighted by molar-refractivity contribution is 6.32. The minimum absolute atomic E-state index is 0.0166. The first-order valence-corrected chi connectivity index (χ1v) is 6.27. The van der Waals surface area contributed by atoms with Gasteiger partial charge in [-0.3, -0.25) is 0 Å². The van der Waals surface area contributed by atoms with Gasteiger partial charge >= 0.3 is 6.18 Å². The molecule has 0 aliphatic carbocycles. The number of hydrogen-bond acceptors (Lipinski definition) is 3. The number of benzene rings is 1. The summed E-state index contributed by atoms with van der Waals surface area (Å²) in [7, 11) is 0. The Balaban J connectivity index is 2.55. The Morgan fingerprint density at radius 2 is 2.05 bits per heavy atom. The number of dihydropyridines is 1. The van der Waals surface area contributed by atoms with Crippen molar-refractivity contribution in [1.82, 2.24) is 5.32 Å². The van der Waals surface area contributed by atoms with Gasteiger partial charge in [-0.05, 0) is 30.7 Å². The van der Waals surface area contributed by atoms with Crippen LogP contribution >= 0.6 is 11.6 Å². The zero-order chi connectivity index (χ0) is 15.8. The third kappa shape index (κ3) is 2.98. The van der Waals surface area contributed by atoms with E-state index in [-0.39, 0.29) is 22.0 Å². The molecule has 1 aliphatic heterocycles. The number of nitrogens with zero attached hydrogens (tertiary/aromatic N) is 1. The summed E-state index contributed by atoms with van der Waals surface area (Å²) in [5.74, 6) is -1.04. The SMILES string of the molecule is CC1=C(C#N)C(c2ccc(O)c(Cl)c2)C=C(C(F)(F)F)N1. The van der Waals surface area contributed by atoms with Crippen LogP contribution in [0.15, 0.2) is 41.2 Å². The van der Waals surface area contributed by atoms with Crippen LogP contribution in [0.5, 0.6) is 5.75 Å². The lowest BCUT2D eigenvalue weighted by Gasteiger charge is -2.25. The molecule has 0 bridgehead atoms. The monoisotopic (exact) mass is 314 g/mol. The van der Waals surface area contributed by atoms with Gasteiger partial charge < -0.3 is 10.4 Å². The summed E-state index contributed by atoms with van der Waals surface area (Å²) in [6.07, 6.45) is -3.60. The summed E-state index contributed by atoms with van der Waals surface area (Å²) in [6, 6.07) is 5.98. The molecule has 1 aromatic rings. The zero-order valence-electron chi connectivity index (χ0n) is 10.8. The van der Waals surface area contributed by atoms with Gasteiger partial charge in [0.25, 0.3) is 0 Å². The lowest BCUT2D eigenvalue weighted by Crippen LogP contribution is -2.30. The first kappa shape index (κ1) is 15.3. The van der Waals surface area contributed by atoms with Gasteiger partial charge in [0, 0.05) is 11.6 Å². The van der Waals surface area contributed by atoms with Crippen molar-refractivity contribution < 1.29 is 18.3 Å². The van der Waals surface area contributed by atoms with Gasteiger partial charge in [0.1, 0.15) is 11.4 Å².